The van der Waals surface area contributed by atoms with Gasteiger partial charge in [-0.2, -0.15) is 0 Å². The van der Waals surface area contributed by atoms with Crippen LogP contribution in [0.2, 0.25) is 0 Å². The Kier molecular flexibility index (Phi) is 15.8. The number of rotatable bonds is 19. The molecule has 1 aromatic carbocycles. The minimum absolute atomic E-state index is 0.156. The van der Waals surface area contributed by atoms with Gasteiger partial charge in [0.1, 0.15) is 12.6 Å². The maximum Gasteiger partial charge on any atom is 0.241 e. The van der Waals surface area contributed by atoms with Gasteiger partial charge in [-0.1, -0.05) is 82.3 Å². The quantitative estimate of drug-likeness (QED) is 0.140. The molecule has 2 aromatic heterocycles. The first-order valence-electron chi connectivity index (χ1n) is 18.3. The minimum atomic E-state index is -1.15. The van der Waals surface area contributed by atoms with Gasteiger partial charge in [0.2, 0.25) is 17.7 Å². The number of aromatic nitrogens is 2. The maximum absolute atomic E-state index is 14.2. The van der Waals surface area contributed by atoms with Crippen molar-refractivity contribution in [3.8, 4) is 0 Å². The SMILES string of the molecule is CC(C)C[C@H](O)[C@H](O)[C@H](CC1CCCCC1)NC(=O)[C@@H](CC(=O)N(CC(=O)N(C)CCc1ccccn1)Cc1ccccc1)Cc1csc(N)n1. The summed E-state index contributed by atoms with van der Waals surface area (Å²) in [5.74, 6) is -1.34. The molecule has 11 nitrogen and oxygen atoms in total. The molecule has 12 heteroatoms. The van der Waals surface area contributed by atoms with Gasteiger partial charge in [-0.15, -0.1) is 11.3 Å². The van der Waals surface area contributed by atoms with Crippen LogP contribution in [-0.4, -0.2) is 86.1 Å². The van der Waals surface area contributed by atoms with Gasteiger partial charge >= 0.3 is 0 Å². The van der Waals surface area contributed by atoms with E-state index in [4.69, 9.17) is 5.73 Å². The highest BCUT2D eigenvalue weighted by Gasteiger charge is 2.34. The summed E-state index contributed by atoms with van der Waals surface area (Å²) in [5, 5.41) is 27.5. The molecule has 1 aliphatic carbocycles. The Morgan fingerprint density at radius 1 is 1.00 bits per heavy atom. The van der Waals surface area contributed by atoms with Gasteiger partial charge in [-0.3, -0.25) is 19.4 Å². The number of hydrogen-bond donors (Lipinski definition) is 4. The number of likely N-dealkylation sites (N-methyl/N-ethyl adjacent to an activating group) is 1. The zero-order valence-corrected chi connectivity index (χ0v) is 31.1. The summed E-state index contributed by atoms with van der Waals surface area (Å²) >= 11 is 1.26. The van der Waals surface area contributed by atoms with Crippen molar-refractivity contribution in [1.82, 2.24) is 25.1 Å². The molecule has 4 rings (SSSR count). The Balaban J connectivity index is 1.54. The molecule has 0 aliphatic heterocycles. The van der Waals surface area contributed by atoms with E-state index < -0.39 is 30.1 Å². The van der Waals surface area contributed by atoms with Crippen molar-refractivity contribution in [3.05, 3.63) is 77.1 Å². The smallest absolute Gasteiger partial charge is 0.241 e. The van der Waals surface area contributed by atoms with Crippen molar-refractivity contribution in [2.45, 2.75) is 103 Å². The van der Waals surface area contributed by atoms with E-state index in [1.807, 2.05) is 62.4 Å². The van der Waals surface area contributed by atoms with Crippen molar-refractivity contribution < 1.29 is 24.6 Å². The summed E-state index contributed by atoms with van der Waals surface area (Å²) in [5.41, 5.74) is 8.25. The molecule has 51 heavy (non-hydrogen) atoms. The second-order valence-corrected chi connectivity index (χ2v) is 15.3. The van der Waals surface area contributed by atoms with Crippen molar-refractivity contribution in [2.75, 3.05) is 25.9 Å². The first-order valence-corrected chi connectivity index (χ1v) is 19.2. The summed E-state index contributed by atoms with van der Waals surface area (Å²) in [7, 11) is 1.71. The van der Waals surface area contributed by atoms with E-state index in [0.717, 1.165) is 36.9 Å². The average Bonchev–Trinajstić information content (AvgIpc) is 3.54. The number of hydrogen-bond acceptors (Lipinski definition) is 9. The summed E-state index contributed by atoms with van der Waals surface area (Å²) in [6.07, 6.45) is 6.47. The van der Waals surface area contributed by atoms with Crippen LogP contribution in [0.4, 0.5) is 5.13 Å². The van der Waals surface area contributed by atoms with Gasteiger partial charge in [0.15, 0.2) is 5.13 Å². The van der Waals surface area contributed by atoms with Crippen LogP contribution in [0.5, 0.6) is 0 Å². The first-order chi connectivity index (χ1) is 24.5. The Hall–Kier alpha value is -3.87. The van der Waals surface area contributed by atoms with Crippen molar-refractivity contribution in [1.29, 1.82) is 0 Å². The molecule has 0 radical (unpaired) electrons. The molecule has 4 atom stereocenters. The van der Waals surface area contributed by atoms with E-state index in [9.17, 15) is 24.6 Å². The number of nitrogen functional groups attached to an aromatic ring is 1. The molecule has 1 aliphatic rings. The number of pyridine rings is 1. The van der Waals surface area contributed by atoms with Crippen LogP contribution in [0.1, 0.15) is 82.2 Å². The number of thiazole rings is 1. The Labute approximate surface area is 306 Å². The summed E-state index contributed by atoms with van der Waals surface area (Å²) in [6.45, 7) is 4.44. The lowest BCUT2D eigenvalue weighted by Crippen LogP contribution is -2.52. The van der Waals surface area contributed by atoms with E-state index in [1.54, 1.807) is 23.5 Å². The van der Waals surface area contributed by atoms with E-state index in [0.29, 0.717) is 42.6 Å². The molecule has 2 heterocycles. The number of anilines is 1. The lowest BCUT2D eigenvalue weighted by molar-refractivity contribution is -0.142. The minimum Gasteiger partial charge on any atom is -0.390 e. The lowest BCUT2D eigenvalue weighted by Gasteiger charge is -2.34. The average molecular weight is 721 g/mol. The standard InChI is InChI=1S/C39H56N6O5S/c1-27(2)20-34(46)37(49)33(21-28-12-6-4-7-13-28)43-38(50)30(22-32-26-51-39(40)42-32)23-35(47)45(24-29-14-8-5-9-15-29)25-36(48)44(3)19-17-31-16-10-11-18-41-31/h5,8-11,14-16,18,26-28,30,33-34,37,46,49H,4,6-7,12-13,17,19-25H2,1-3H3,(H2,40,42)(H,43,50)/t30-,33+,34+,37-/m1/s1. The zero-order valence-electron chi connectivity index (χ0n) is 30.3. The number of amides is 3. The highest BCUT2D eigenvalue weighted by Crippen LogP contribution is 2.29. The van der Waals surface area contributed by atoms with Crippen LogP contribution >= 0.6 is 11.3 Å². The zero-order chi connectivity index (χ0) is 36.8. The van der Waals surface area contributed by atoms with Gasteiger partial charge in [-0.05, 0) is 42.4 Å². The Morgan fingerprint density at radius 3 is 2.37 bits per heavy atom. The number of nitrogens with zero attached hydrogens (tertiary/aromatic N) is 4. The predicted octanol–water partition coefficient (Wildman–Crippen LogP) is 4.62. The first kappa shape index (κ1) is 39.9. The van der Waals surface area contributed by atoms with Crippen LogP contribution in [-0.2, 0) is 33.8 Å². The third kappa shape index (κ3) is 13.3. The van der Waals surface area contributed by atoms with Crippen LogP contribution in [0.15, 0.2) is 60.1 Å². The fourth-order valence-electron chi connectivity index (χ4n) is 6.80. The summed E-state index contributed by atoms with van der Waals surface area (Å²) < 4.78 is 0. The van der Waals surface area contributed by atoms with Gasteiger partial charge in [0.05, 0.1) is 23.8 Å². The third-order valence-electron chi connectivity index (χ3n) is 9.73. The fraction of sp³-hybridized carbons (Fsp3) is 0.564. The third-order valence-corrected chi connectivity index (χ3v) is 10.4. The van der Waals surface area contributed by atoms with E-state index in [2.05, 4.69) is 15.3 Å². The topological polar surface area (TPSA) is 162 Å². The van der Waals surface area contributed by atoms with Crippen LogP contribution < -0.4 is 11.1 Å². The monoisotopic (exact) mass is 720 g/mol. The second kappa shape index (κ2) is 20.2. The summed E-state index contributed by atoms with van der Waals surface area (Å²) in [6, 6.07) is 14.4. The number of aliphatic hydroxyl groups excluding tert-OH is 2. The van der Waals surface area contributed by atoms with Crippen molar-refractivity contribution >= 4 is 34.2 Å². The van der Waals surface area contributed by atoms with Gasteiger partial charge in [0, 0.05) is 56.7 Å². The second-order valence-electron chi connectivity index (χ2n) is 14.4. The predicted molar refractivity (Wildman–Crippen MR) is 200 cm³/mol. The molecule has 1 fully saturated rings. The molecule has 1 saturated carbocycles. The normalized spacial score (nSPS) is 15.9. The molecule has 3 aromatic rings. The molecule has 0 unspecified atom stereocenters. The number of benzene rings is 1. The Bertz CT molecular complexity index is 1500. The summed E-state index contributed by atoms with van der Waals surface area (Å²) in [4.78, 5) is 53.7. The number of aliphatic hydroxyl groups is 2. The highest BCUT2D eigenvalue weighted by atomic mass is 32.1. The molecule has 0 bridgehead atoms. The molecular weight excluding hydrogens is 665 g/mol. The number of carbonyl (C=O) groups is 3. The number of nitrogens with two attached hydrogens (primary N) is 1. The Morgan fingerprint density at radius 2 is 1.73 bits per heavy atom. The van der Waals surface area contributed by atoms with Crippen LogP contribution in [0, 0.1) is 17.8 Å². The van der Waals surface area contributed by atoms with Crippen molar-refractivity contribution in [3.63, 3.8) is 0 Å². The molecule has 5 N–H and O–H groups in total. The highest BCUT2D eigenvalue weighted by molar-refractivity contribution is 7.13. The number of nitrogens with one attached hydrogen (secondary N) is 1. The molecule has 3 amide bonds. The molecule has 0 spiro atoms. The van der Waals surface area contributed by atoms with Gasteiger partial charge < -0.3 is 31.1 Å². The largest absolute Gasteiger partial charge is 0.390 e. The van der Waals surface area contributed by atoms with Gasteiger partial charge in [0.25, 0.3) is 0 Å². The molecule has 0 saturated heterocycles. The number of carbonyl (C=O) groups excluding carboxylic acids is 3. The molecular formula is C39H56N6O5S. The fourth-order valence-corrected chi connectivity index (χ4v) is 7.37. The van der Waals surface area contributed by atoms with Gasteiger partial charge in [-0.25, -0.2) is 4.98 Å². The molecule has 278 valence electrons. The van der Waals surface area contributed by atoms with Crippen LogP contribution in [0.25, 0.3) is 0 Å². The van der Waals surface area contributed by atoms with E-state index in [1.165, 1.54) is 22.7 Å². The van der Waals surface area contributed by atoms with Crippen LogP contribution in [0.3, 0.4) is 0 Å². The van der Waals surface area contributed by atoms with Crippen molar-refractivity contribution in [2.24, 2.45) is 17.8 Å². The van der Waals surface area contributed by atoms with E-state index >= 15 is 0 Å². The van der Waals surface area contributed by atoms with E-state index in [-0.39, 0.29) is 43.7 Å². The maximum atomic E-state index is 14.2. The lowest BCUT2D eigenvalue weighted by atomic mass is 9.82.